The fraction of sp³-hybridized carbons (Fsp3) is 0.190. The van der Waals surface area contributed by atoms with Gasteiger partial charge in [0.15, 0.2) is 29.2 Å². The molecule has 30 heavy (non-hydrogen) atoms. The number of nitrogens with zero attached hydrogens (tertiary/aromatic N) is 1. The van der Waals surface area contributed by atoms with E-state index in [0.29, 0.717) is 0 Å². The lowest BCUT2D eigenvalue weighted by Crippen LogP contribution is -2.41. The molecule has 0 fully saturated rings. The summed E-state index contributed by atoms with van der Waals surface area (Å²) in [7, 11) is 0. The first-order valence-electron chi connectivity index (χ1n) is 8.86. The van der Waals surface area contributed by atoms with Gasteiger partial charge in [-0.2, -0.15) is 13.2 Å². The lowest BCUT2D eigenvalue weighted by molar-refractivity contribution is -0.224. The van der Waals surface area contributed by atoms with E-state index in [1.54, 1.807) is 12.1 Å². The van der Waals surface area contributed by atoms with Crippen molar-refractivity contribution in [3.05, 3.63) is 64.8 Å². The highest BCUT2D eigenvalue weighted by Gasteiger charge is 2.44. The van der Waals surface area contributed by atoms with Gasteiger partial charge in [0, 0.05) is 28.3 Å². The Kier molecular flexibility index (Phi) is 4.50. The van der Waals surface area contributed by atoms with Crippen molar-refractivity contribution in [1.29, 1.82) is 0 Å². The smallest absolute Gasteiger partial charge is 0.418 e. The third-order valence-corrected chi connectivity index (χ3v) is 4.95. The van der Waals surface area contributed by atoms with E-state index in [0.717, 1.165) is 6.92 Å². The molecular weight excluding hydrogens is 403 g/mol. The molecule has 4 rings (SSSR count). The molecule has 9 heteroatoms. The summed E-state index contributed by atoms with van der Waals surface area (Å²) in [5, 5.41) is 20.4. The highest BCUT2D eigenvalue weighted by Crippen LogP contribution is 2.45. The van der Waals surface area contributed by atoms with Crippen LogP contribution in [0.2, 0.25) is 0 Å². The van der Waals surface area contributed by atoms with Crippen LogP contribution in [0.1, 0.15) is 38.8 Å². The van der Waals surface area contributed by atoms with Crippen molar-refractivity contribution < 1.29 is 37.7 Å². The van der Waals surface area contributed by atoms with Gasteiger partial charge in [-0.1, -0.05) is 30.3 Å². The van der Waals surface area contributed by atoms with E-state index in [1.807, 2.05) is 0 Å². The van der Waals surface area contributed by atoms with Gasteiger partial charge in [-0.15, -0.1) is 0 Å². The predicted octanol–water partition coefficient (Wildman–Crippen LogP) is 3.41. The fourth-order valence-corrected chi connectivity index (χ4v) is 3.50. The standard InChI is InChI=1S/C21H14F3NO5/c1-9(20(29)21(22,23)24)30-19-15-12(7-4-8-25-15)13-14(18(19)28)17(27)11-6-3-2-5-10(11)16(13)26/h2-9,20,28-29H,1H3/t9?,20-/m0/s1. The number of hydrogen-bond acceptors (Lipinski definition) is 6. The van der Waals surface area contributed by atoms with E-state index in [9.17, 15) is 33.0 Å². The Morgan fingerprint density at radius 1 is 1.00 bits per heavy atom. The van der Waals surface area contributed by atoms with Crippen molar-refractivity contribution in [2.45, 2.75) is 25.3 Å². The number of phenols is 1. The van der Waals surface area contributed by atoms with Crippen LogP contribution in [-0.4, -0.2) is 45.1 Å². The van der Waals surface area contributed by atoms with Crippen LogP contribution in [0.5, 0.6) is 11.5 Å². The number of carbonyl (C=O) groups is 2. The molecule has 3 aromatic rings. The van der Waals surface area contributed by atoms with Gasteiger partial charge in [0.25, 0.3) is 0 Å². The number of phenolic OH excluding ortho intramolecular Hbond substituents is 1. The molecule has 6 nitrogen and oxygen atoms in total. The Balaban J connectivity index is 1.96. The number of aromatic hydroxyl groups is 1. The number of aliphatic hydroxyl groups excluding tert-OH is 1. The molecular formula is C21H14F3NO5. The minimum Gasteiger partial charge on any atom is -0.504 e. The summed E-state index contributed by atoms with van der Waals surface area (Å²) in [6, 6.07) is 8.97. The second-order valence-corrected chi connectivity index (χ2v) is 6.84. The maximum Gasteiger partial charge on any atom is 0.418 e. The number of rotatable bonds is 3. The second-order valence-electron chi connectivity index (χ2n) is 6.84. The minimum atomic E-state index is -4.96. The van der Waals surface area contributed by atoms with E-state index in [-0.39, 0.29) is 33.2 Å². The topological polar surface area (TPSA) is 96.7 Å². The highest BCUT2D eigenvalue weighted by atomic mass is 19.4. The first-order chi connectivity index (χ1) is 14.1. The van der Waals surface area contributed by atoms with Crippen LogP contribution < -0.4 is 4.74 Å². The van der Waals surface area contributed by atoms with Gasteiger partial charge in [0.2, 0.25) is 0 Å². The van der Waals surface area contributed by atoms with Crippen LogP contribution in [0.15, 0.2) is 42.6 Å². The van der Waals surface area contributed by atoms with Gasteiger partial charge >= 0.3 is 6.18 Å². The van der Waals surface area contributed by atoms with Crippen LogP contribution in [0, 0.1) is 0 Å². The number of ether oxygens (including phenoxy) is 1. The van der Waals surface area contributed by atoms with Crippen molar-refractivity contribution in [3.63, 3.8) is 0 Å². The van der Waals surface area contributed by atoms with Crippen LogP contribution in [0.25, 0.3) is 10.9 Å². The lowest BCUT2D eigenvalue weighted by atomic mass is 9.81. The van der Waals surface area contributed by atoms with Crippen molar-refractivity contribution in [2.75, 3.05) is 0 Å². The maximum absolute atomic E-state index is 13.1. The zero-order chi connectivity index (χ0) is 21.8. The summed E-state index contributed by atoms with van der Waals surface area (Å²) < 4.78 is 43.8. The molecule has 1 aromatic heterocycles. The molecule has 154 valence electrons. The molecule has 0 saturated heterocycles. The summed E-state index contributed by atoms with van der Waals surface area (Å²) in [5.41, 5.74) is -0.369. The largest absolute Gasteiger partial charge is 0.504 e. The third kappa shape index (κ3) is 2.89. The Morgan fingerprint density at radius 2 is 1.60 bits per heavy atom. The molecule has 2 N–H and O–H groups in total. The SMILES string of the molecule is CC(Oc1c(O)c2c(c3cccnc13)C(=O)c1ccccc1C2=O)[C@H](O)C(F)(F)F. The van der Waals surface area contributed by atoms with Crippen molar-refractivity contribution in [3.8, 4) is 11.5 Å². The van der Waals surface area contributed by atoms with E-state index >= 15 is 0 Å². The average Bonchev–Trinajstić information content (AvgIpc) is 2.72. The second kappa shape index (κ2) is 6.81. The Bertz CT molecular complexity index is 1210. The summed E-state index contributed by atoms with van der Waals surface area (Å²) >= 11 is 0. The number of fused-ring (bicyclic) bond motifs is 4. The Morgan fingerprint density at radius 3 is 2.20 bits per heavy atom. The number of hydrogen-bond donors (Lipinski definition) is 2. The van der Waals surface area contributed by atoms with E-state index in [2.05, 4.69) is 4.98 Å². The molecule has 0 bridgehead atoms. The maximum atomic E-state index is 13.1. The van der Waals surface area contributed by atoms with Gasteiger partial charge in [0.05, 0.1) is 5.56 Å². The zero-order valence-electron chi connectivity index (χ0n) is 15.4. The Hall–Kier alpha value is -3.46. The number of halogens is 3. The summed E-state index contributed by atoms with van der Waals surface area (Å²) in [4.78, 5) is 30.1. The van der Waals surface area contributed by atoms with Crippen molar-refractivity contribution in [1.82, 2.24) is 4.98 Å². The number of benzene rings is 2. The molecule has 0 radical (unpaired) electrons. The van der Waals surface area contributed by atoms with E-state index in [1.165, 1.54) is 30.5 Å². The minimum absolute atomic E-state index is 0.0582. The first-order valence-corrected chi connectivity index (χ1v) is 8.86. The molecule has 2 atom stereocenters. The first kappa shape index (κ1) is 19.8. The van der Waals surface area contributed by atoms with E-state index < -0.39 is 41.4 Å². The van der Waals surface area contributed by atoms with Gasteiger partial charge in [0.1, 0.15) is 11.6 Å². The molecule has 0 aliphatic heterocycles. The van der Waals surface area contributed by atoms with Gasteiger partial charge in [-0.25, -0.2) is 0 Å². The molecule has 2 aromatic carbocycles. The molecule has 1 unspecified atom stereocenters. The molecule has 1 heterocycles. The molecule has 1 aliphatic rings. The van der Waals surface area contributed by atoms with Crippen molar-refractivity contribution in [2.24, 2.45) is 0 Å². The van der Waals surface area contributed by atoms with Gasteiger partial charge < -0.3 is 14.9 Å². The third-order valence-electron chi connectivity index (χ3n) is 4.95. The summed E-state index contributed by atoms with van der Waals surface area (Å²) in [6.45, 7) is 0.966. The van der Waals surface area contributed by atoms with E-state index in [4.69, 9.17) is 4.74 Å². The molecule has 0 amide bonds. The average molecular weight is 417 g/mol. The van der Waals surface area contributed by atoms with Crippen LogP contribution in [0.4, 0.5) is 13.2 Å². The number of pyridine rings is 1. The van der Waals surface area contributed by atoms with Crippen molar-refractivity contribution >= 4 is 22.5 Å². The number of alkyl halides is 3. The molecule has 0 saturated carbocycles. The normalized spacial score (nSPS) is 15.5. The number of ketones is 2. The van der Waals surface area contributed by atoms with Crippen LogP contribution >= 0.6 is 0 Å². The monoisotopic (exact) mass is 417 g/mol. The summed E-state index contributed by atoms with van der Waals surface area (Å²) in [6.07, 6.45) is -8.32. The zero-order valence-corrected chi connectivity index (χ0v) is 15.4. The van der Waals surface area contributed by atoms with Crippen LogP contribution in [-0.2, 0) is 0 Å². The number of aromatic nitrogens is 1. The summed E-state index contributed by atoms with van der Waals surface area (Å²) in [5.74, 6) is -2.51. The lowest BCUT2D eigenvalue weighted by Gasteiger charge is -2.26. The fourth-order valence-electron chi connectivity index (χ4n) is 3.50. The molecule has 0 spiro atoms. The molecule has 1 aliphatic carbocycles. The Labute approximate surface area is 167 Å². The van der Waals surface area contributed by atoms with Gasteiger partial charge in [-0.3, -0.25) is 14.6 Å². The van der Waals surface area contributed by atoms with Gasteiger partial charge in [-0.05, 0) is 13.0 Å². The number of aliphatic hydroxyl groups is 1. The highest BCUT2D eigenvalue weighted by molar-refractivity contribution is 6.33. The predicted molar refractivity (Wildman–Crippen MR) is 98.9 cm³/mol. The quantitative estimate of drug-likeness (QED) is 0.530. The number of carbonyl (C=O) groups excluding carboxylic acids is 2. The van der Waals surface area contributed by atoms with Crippen LogP contribution in [0.3, 0.4) is 0 Å².